The summed E-state index contributed by atoms with van der Waals surface area (Å²) in [5.41, 5.74) is 3.95. The SMILES string of the molecule is CCc1nnsc1C(NN)C1CCCOC1. The van der Waals surface area contributed by atoms with Gasteiger partial charge < -0.3 is 4.74 Å². The molecule has 0 amide bonds. The van der Waals surface area contributed by atoms with Crippen LogP contribution in [0, 0.1) is 5.92 Å². The summed E-state index contributed by atoms with van der Waals surface area (Å²) >= 11 is 1.44. The first-order valence-corrected chi connectivity index (χ1v) is 6.49. The molecule has 3 N–H and O–H groups in total. The molecule has 1 aromatic heterocycles. The van der Waals surface area contributed by atoms with E-state index in [9.17, 15) is 0 Å². The average molecular weight is 242 g/mol. The number of nitrogens with two attached hydrogens (primary N) is 1. The summed E-state index contributed by atoms with van der Waals surface area (Å²) < 4.78 is 9.52. The van der Waals surface area contributed by atoms with Crippen molar-refractivity contribution in [3.63, 3.8) is 0 Å². The van der Waals surface area contributed by atoms with Crippen LogP contribution >= 0.6 is 11.5 Å². The van der Waals surface area contributed by atoms with Crippen LogP contribution in [0.3, 0.4) is 0 Å². The predicted octanol–water partition coefficient (Wildman–Crippen LogP) is 1.03. The van der Waals surface area contributed by atoms with Gasteiger partial charge in [0.05, 0.1) is 23.2 Å². The van der Waals surface area contributed by atoms with Crippen LogP contribution in [0.4, 0.5) is 0 Å². The number of hydrogen-bond acceptors (Lipinski definition) is 6. The van der Waals surface area contributed by atoms with Gasteiger partial charge in [-0.25, -0.2) is 0 Å². The van der Waals surface area contributed by atoms with Crippen molar-refractivity contribution in [3.8, 4) is 0 Å². The fraction of sp³-hybridized carbons (Fsp3) is 0.800. The first kappa shape index (κ1) is 11.9. The molecule has 0 aromatic carbocycles. The Labute approximate surface area is 99.5 Å². The summed E-state index contributed by atoms with van der Waals surface area (Å²) in [6.45, 7) is 3.73. The zero-order chi connectivity index (χ0) is 11.4. The maximum atomic E-state index is 5.66. The summed E-state index contributed by atoms with van der Waals surface area (Å²) in [6, 6.07) is 0.134. The standard InChI is InChI=1S/C10H18N4OS/c1-2-8-10(16-14-13-8)9(12-11)7-4-3-5-15-6-7/h7,9,12H,2-6,11H2,1H3. The molecule has 0 spiro atoms. The third-order valence-corrected chi connectivity index (χ3v) is 3.90. The van der Waals surface area contributed by atoms with E-state index in [0.29, 0.717) is 5.92 Å². The smallest absolute Gasteiger partial charge is 0.0801 e. The first-order chi connectivity index (χ1) is 7.86. The maximum Gasteiger partial charge on any atom is 0.0801 e. The highest BCUT2D eigenvalue weighted by Gasteiger charge is 2.28. The van der Waals surface area contributed by atoms with Crippen LogP contribution in [0.5, 0.6) is 0 Å². The minimum atomic E-state index is 0.134. The lowest BCUT2D eigenvalue weighted by Gasteiger charge is -2.29. The molecule has 6 heteroatoms. The number of hydrogen-bond donors (Lipinski definition) is 2. The van der Waals surface area contributed by atoms with Crippen molar-refractivity contribution >= 4 is 11.5 Å². The molecule has 16 heavy (non-hydrogen) atoms. The Kier molecular flexibility index (Phi) is 4.22. The van der Waals surface area contributed by atoms with Gasteiger partial charge in [-0.2, -0.15) is 0 Å². The van der Waals surface area contributed by atoms with Crippen LogP contribution in [0.15, 0.2) is 0 Å². The van der Waals surface area contributed by atoms with Crippen LogP contribution in [0.1, 0.15) is 36.4 Å². The Bertz CT molecular complexity index is 324. The molecule has 2 heterocycles. The normalized spacial score (nSPS) is 23.2. The molecule has 0 saturated carbocycles. The largest absolute Gasteiger partial charge is 0.381 e. The highest BCUT2D eigenvalue weighted by atomic mass is 32.1. The van der Waals surface area contributed by atoms with E-state index in [1.165, 1.54) is 16.4 Å². The molecule has 0 bridgehead atoms. The molecule has 2 rings (SSSR count). The Balaban J connectivity index is 2.14. The molecular formula is C10H18N4OS. The van der Waals surface area contributed by atoms with Crippen molar-refractivity contribution in [1.82, 2.24) is 15.0 Å². The van der Waals surface area contributed by atoms with E-state index in [1.807, 2.05) is 0 Å². The fourth-order valence-electron chi connectivity index (χ4n) is 2.15. The van der Waals surface area contributed by atoms with Gasteiger partial charge in [-0.15, -0.1) is 5.10 Å². The fourth-order valence-corrected chi connectivity index (χ4v) is 3.04. The number of hydrazine groups is 1. The molecule has 90 valence electrons. The Morgan fingerprint density at radius 1 is 1.69 bits per heavy atom. The lowest BCUT2D eigenvalue weighted by Crippen LogP contribution is -2.37. The van der Waals surface area contributed by atoms with Crippen LogP contribution in [-0.4, -0.2) is 22.8 Å². The van der Waals surface area contributed by atoms with Crippen LogP contribution in [0.2, 0.25) is 0 Å². The number of rotatable bonds is 4. The highest BCUT2D eigenvalue weighted by molar-refractivity contribution is 7.05. The third kappa shape index (κ3) is 2.40. The van der Waals surface area contributed by atoms with E-state index in [1.54, 1.807) is 0 Å². The van der Waals surface area contributed by atoms with E-state index in [-0.39, 0.29) is 6.04 Å². The minimum absolute atomic E-state index is 0.134. The van der Waals surface area contributed by atoms with Crippen molar-refractivity contribution in [2.45, 2.75) is 32.2 Å². The molecule has 0 radical (unpaired) electrons. The van der Waals surface area contributed by atoms with Crippen LogP contribution in [0.25, 0.3) is 0 Å². The Hall–Kier alpha value is -0.560. The van der Waals surface area contributed by atoms with Crippen molar-refractivity contribution in [1.29, 1.82) is 0 Å². The second-order valence-electron chi connectivity index (χ2n) is 4.06. The molecule has 1 aliphatic heterocycles. The molecule has 2 unspecified atom stereocenters. The quantitative estimate of drug-likeness (QED) is 0.609. The van der Waals surface area contributed by atoms with Gasteiger partial charge >= 0.3 is 0 Å². The number of nitrogens with zero attached hydrogens (tertiary/aromatic N) is 2. The number of ether oxygens (including phenoxy) is 1. The lowest BCUT2D eigenvalue weighted by atomic mass is 9.92. The molecule has 0 aliphatic carbocycles. The first-order valence-electron chi connectivity index (χ1n) is 5.71. The minimum Gasteiger partial charge on any atom is -0.381 e. The molecule has 2 atom stereocenters. The molecular weight excluding hydrogens is 224 g/mol. The third-order valence-electron chi connectivity index (χ3n) is 3.05. The van der Waals surface area contributed by atoms with Crippen LogP contribution in [-0.2, 0) is 11.2 Å². The van der Waals surface area contributed by atoms with Gasteiger partial charge in [0.2, 0.25) is 0 Å². The van der Waals surface area contributed by atoms with Gasteiger partial charge in [0.1, 0.15) is 0 Å². The maximum absolute atomic E-state index is 5.66. The van der Waals surface area contributed by atoms with Gasteiger partial charge in [0.15, 0.2) is 0 Å². The van der Waals surface area contributed by atoms with Crippen molar-refractivity contribution in [3.05, 3.63) is 10.6 Å². The number of aromatic nitrogens is 2. The summed E-state index contributed by atoms with van der Waals surface area (Å²) in [5.74, 6) is 6.10. The van der Waals surface area contributed by atoms with E-state index in [2.05, 4.69) is 21.9 Å². The van der Waals surface area contributed by atoms with Crippen molar-refractivity contribution < 1.29 is 4.74 Å². The highest BCUT2D eigenvalue weighted by Crippen LogP contribution is 2.31. The van der Waals surface area contributed by atoms with Gasteiger partial charge in [-0.3, -0.25) is 11.3 Å². The van der Waals surface area contributed by atoms with E-state index >= 15 is 0 Å². The number of aryl methyl sites for hydroxylation is 1. The van der Waals surface area contributed by atoms with Gasteiger partial charge in [-0.05, 0) is 30.8 Å². The Morgan fingerprint density at radius 3 is 3.19 bits per heavy atom. The number of nitrogens with one attached hydrogen (secondary N) is 1. The van der Waals surface area contributed by atoms with E-state index in [0.717, 1.165) is 38.2 Å². The molecule has 1 fully saturated rings. The van der Waals surface area contributed by atoms with Gasteiger partial charge in [0.25, 0.3) is 0 Å². The van der Waals surface area contributed by atoms with Gasteiger partial charge in [-0.1, -0.05) is 11.4 Å². The summed E-state index contributed by atoms with van der Waals surface area (Å²) in [6.07, 6.45) is 3.16. The monoisotopic (exact) mass is 242 g/mol. The van der Waals surface area contributed by atoms with E-state index in [4.69, 9.17) is 10.6 Å². The summed E-state index contributed by atoms with van der Waals surface area (Å²) in [4.78, 5) is 1.17. The second-order valence-corrected chi connectivity index (χ2v) is 4.84. The lowest BCUT2D eigenvalue weighted by molar-refractivity contribution is 0.0394. The Morgan fingerprint density at radius 2 is 2.56 bits per heavy atom. The van der Waals surface area contributed by atoms with E-state index < -0.39 is 0 Å². The topological polar surface area (TPSA) is 73.1 Å². The molecule has 1 aliphatic rings. The average Bonchev–Trinajstić information content (AvgIpc) is 2.80. The van der Waals surface area contributed by atoms with Gasteiger partial charge in [0, 0.05) is 12.5 Å². The van der Waals surface area contributed by atoms with Crippen LogP contribution < -0.4 is 11.3 Å². The molecule has 1 saturated heterocycles. The molecule has 5 nitrogen and oxygen atoms in total. The molecule has 1 aromatic rings. The van der Waals surface area contributed by atoms with Crippen molar-refractivity contribution in [2.75, 3.05) is 13.2 Å². The van der Waals surface area contributed by atoms with Crippen molar-refractivity contribution in [2.24, 2.45) is 11.8 Å². The zero-order valence-corrected chi connectivity index (χ0v) is 10.3. The summed E-state index contributed by atoms with van der Waals surface area (Å²) in [5, 5.41) is 4.13. The second kappa shape index (κ2) is 5.67. The predicted molar refractivity (Wildman–Crippen MR) is 62.9 cm³/mol. The zero-order valence-electron chi connectivity index (χ0n) is 9.48. The summed E-state index contributed by atoms with van der Waals surface area (Å²) in [7, 11) is 0.